The van der Waals surface area contributed by atoms with Gasteiger partial charge in [-0.1, -0.05) is 41.9 Å². The molecule has 1 aromatic heterocycles. The summed E-state index contributed by atoms with van der Waals surface area (Å²) in [7, 11) is 0. The third-order valence-electron chi connectivity index (χ3n) is 5.51. The standard InChI is InChI=1S/C24H22ClF3N6O2/c1-23(2)13-34(22(36)32-23)21-30-11-16(19(29)31-21)20(35)33(12-14-6-4-3-5-7-14)18-10-15(24(26,27)28)8-9-17(18)25/h3-11H,12-13H2,1-2H3,(H,32,36)(H2,29,30,31). The van der Waals surface area contributed by atoms with Crippen LogP contribution in [0, 0.1) is 0 Å². The first-order valence-electron chi connectivity index (χ1n) is 10.8. The van der Waals surface area contributed by atoms with Gasteiger partial charge in [-0.25, -0.2) is 9.78 Å². The predicted molar refractivity (Wildman–Crippen MR) is 130 cm³/mol. The van der Waals surface area contributed by atoms with E-state index in [0.717, 1.165) is 29.3 Å². The molecule has 12 heteroatoms. The smallest absolute Gasteiger partial charge is 0.383 e. The summed E-state index contributed by atoms with van der Waals surface area (Å²) in [6.07, 6.45) is -3.49. The lowest BCUT2D eigenvalue weighted by atomic mass is 10.1. The minimum Gasteiger partial charge on any atom is -0.383 e. The molecule has 0 bridgehead atoms. The van der Waals surface area contributed by atoms with Crippen molar-refractivity contribution in [3.8, 4) is 0 Å². The number of aromatic nitrogens is 2. The third-order valence-corrected chi connectivity index (χ3v) is 5.83. The van der Waals surface area contributed by atoms with Crippen molar-refractivity contribution in [1.82, 2.24) is 15.3 Å². The van der Waals surface area contributed by atoms with Crippen LogP contribution in [0.1, 0.15) is 35.3 Å². The number of nitrogen functional groups attached to an aromatic ring is 1. The number of amides is 3. The van der Waals surface area contributed by atoms with Gasteiger partial charge in [-0.3, -0.25) is 9.69 Å². The summed E-state index contributed by atoms with van der Waals surface area (Å²) in [5, 5.41) is 2.72. The predicted octanol–water partition coefficient (Wildman–Crippen LogP) is 4.89. The van der Waals surface area contributed by atoms with Gasteiger partial charge in [0.05, 0.1) is 34.9 Å². The van der Waals surface area contributed by atoms with E-state index in [1.54, 1.807) is 30.3 Å². The van der Waals surface area contributed by atoms with Crippen LogP contribution < -0.4 is 20.9 Å². The number of alkyl halides is 3. The number of urea groups is 1. The molecule has 0 unspecified atom stereocenters. The second kappa shape index (κ2) is 9.30. The molecule has 0 saturated carbocycles. The van der Waals surface area contributed by atoms with E-state index in [4.69, 9.17) is 17.3 Å². The molecule has 36 heavy (non-hydrogen) atoms. The second-order valence-corrected chi connectivity index (χ2v) is 9.32. The summed E-state index contributed by atoms with van der Waals surface area (Å²) >= 11 is 6.26. The van der Waals surface area contributed by atoms with Crippen molar-refractivity contribution in [2.24, 2.45) is 0 Å². The molecule has 0 radical (unpaired) electrons. The molecular weight excluding hydrogens is 497 g/mol. The molecule has 1 aliphatic rings. The monoisotopic (exact) mass is 518 g/mol. The molecule has 1 saturated heterocycles. The lowest BCUT2D eigenvalue weighted by molar-refractivity contribution is -0.137. The van der Waals surface area contributed by atoms with E-state index >= 15 is 0 Å². The Kier molecular flexibility index (Phi) is 6.52. The van der Waals surface area contributed by atoms with Crippen molar-refractivity contribution in [3.05, 3.63) is 76.4 Å². The van der Waals surface area contributed by atoms with E-state index in [1.807, 2.05) is 13.8 Å². The van der Waals surface area contributed by atoms with Crippen LogP contribution in [0.2, 0.25) is 5.02 Å². The molecule has 3 amide bonds. The van der Waals surface area contributed by atoms with Crippen LogP contribution in [0.5, 0.6) is 0 Å². The number of halogens is 4. The van der Waals surface area contributed by atoms with Crippen LogP contribution in [0.25, 0.3) is 0 Å². The van der Waals surface area contributed by atoms with Crippen LogP contribution in [-0.2, 0) is 12.7 Å². The number of hydrogen-bond acceptors (Lipinski definition) is 5. The van der Waals surface area contributed by atoms with E-state index in [2.05, 4.69) is 15.3 Å². The van der Waals surface area contributed by atoms with Gasteiger partial charge in [-0.15, -0.1) is 0 Å². The van der Waals surface area contributed by atoms with Crippen molar-refractivity contribution in [2.45, 2.75) is 32.1 Å². The molecular formula is C24H22ClF3N6O2. The molecule has 8 nitrogen and oxygen atoms in total. The van der Waals surface area contributed by atoms with Crippen molar-refractivity contribution in [2.75, 3.05) is 22.1 Å². The maximum absolute atomic E-state index is 13.6. The zero-order valence-corrected chi connectivity index (χ0v) is 20.1. The number of nitrogens with one attached hydrogen (secondary N) is 1. The maximum atomic E-state index is 13.6. The molecule has 188 valence electrons. The van der Waals surface area contributed by atoms with Gasteiger partial charge in [-0.05, 0) is 37.6 Å². The Balaban J connectivity index is 1.74. The van der Waals surface area contributed by atoms with Crippen molar-refractivity contribution < 1.29 is 22.8 Å². The summed E-state index contributed by atoms with van der Waals surface area (Å²) in [5.74, 6) is -0.988. The lowest BCUT2D eigenvalue weighted by Crippen LogP contribution is -2.36. The highest BCUT2D eigenvalue weighted by atomic mass is 35.5. The Morgan fingerprint density at radius 1 is 1.22 bits per heavy atom. The Bertz CT molecular complexity index is 1320. The van der Waals surface area contributed by atoms with E-state index in [-0.39, 0.29) is 41.1 Å². The van der Waals surface area contributed by atoms with Crippen LogP contribution in [-0.4, -0.2) is 34.0 Å². The van der Waals surface area contributed by atoms with Gasteiger partial charge in [0.15, 0.2) is 0 Å². The van der Waals surface area contributed by atoms with Crippen LogP contribution >= 0.6 is 11.6 Å². The lowest BCUT2D eigenvalue weighted by Gasteiger charge is -2.25. The van der Waals surface area contributed by atoms with E-state index in [0.29, 0.717) is 5.56 Å². The van der Waals surface area contributed by atoms with Gasteiger partial charge < -0.3 is 16.0 Å². The zero-order valence-electron chi connectivity index (χ0n) is 19.3. The van der Waals surface area contributed by atoms with E-state index in [9.17, 15) is 22.8 Å². The quantitative estimate of drug-likeness (QED) is 0.500. The Hall–Kier alpha value is -3.86. The normalized spacial score (nSPS) is 15.1. The summed E-state index contributed by atoms with van der Waals surface area (Å²) in [6, 6.07) is 11.0. The first-order chi connectivity index (χ1) is 16.9. The number of anilines is 3. The average Bonchev–Trinajstić information content (AvgIpc) is 3.09. The molecule has 3 aromatic rings. The number of nitrogens with zero attached hydrogens (tertiary/aromatic N) is 4. The van der Waals surface area contributed by atoms with Crippen molar-refractivity contribution in [3.63, 3.8) is 0 Å². The number of carbonyl (C=O) groups is 2. The SMILES string of the molecule is CC1(C)CN(c2ncc(C(=O)N(Cc3ccccc3)c3cc(C(F)(F)F)ccc3Cl)c(N)n2)C(=O)N1. The number of nitrogens with two attached hydrogens (primary N) is 1. The molecule has 3 N–H and O–H groups in total. The second-order valence-electron chi connectivity index (χ2n) is 8.91. The minimum absolute atomic E-state index is 0.00108. The Morgan fingerprint density at radius 3 is 2.50 bits per heavy atom. The number of rotatable bonds is 5. The maximum Gasteiger partial charge on any atom is 0.416 e. The Labute approximate surface area is 209 Å². The average molecular weight is 519 g/mol. The fourth-order valence-corrected chi connectivity index (χ4v) is 4.00. The van der Waals surface area contributed by atoms with Gasteiger partial charge in [0.25, 0.3) is 5.91 Å². The number of hydrogen-bond donors (Lipinski definition) is 2. The van der Waals surface area contributed by atoms with Gasteiger partial charge >= 0.3 is 12.2 Å². The molecule has 2 aromatic carbocycles. The van der Waals surface area contributed by atoms with Crippen LogP contribution in [0.3, 0.4) is 0 Å². The third kappa shape index (κ3) is 5.20. The number of carbonyl (C=O) groups excluding carboxylic acids is 2. The highest BCUT2D eigenvalue weighted by Crippen LogP contribution is 2.37. The largest absolute Gasteiger partial charge is 0.416 e. The highest BCUT2D eigenvalue weighted by molar-refractivity contribution is 6.34. The molecule has 0 aliphatic carbocycles. The minimum atomic E-state index is -4.64. The topological polar surface area (TPSA) is 104 Å². The van der Waals surface area contributed by atoms with E-state index in [1.165, 1.54) is 4.90 Å². The van der Waals surface area contributed by atoms with Crippen molar-refractivity contribution in [1.29, 1.82) is 0 Å². The Morgan fingerprint density at radius 2 is 1.92 bits per heavy atom. The molecule has 0 spiro atoms. The molecule has 0 atom stereocenters. The highest BCUT2D eigenvalue weighted by Gasteiger charge is 2.38. The molecule has 4 rings (SSSR count). The molecule has 2 heterocycles. The molecule has 1 aliphatic heterocycles. The van der Waals surface area contributed by atoms with Gasteiger partial charge in [-0.2, -0.15) is 18.2 Å². The first kappa shape index (κ1) is 25.2. The molecule has 1 fully saturated rings. The summed E-state index contributed by atoms with van der Waals surface area (Å²) in [4.78, 5) is 36.5. The van der Waals surface area contributed by atoms with Crippen LogP contribution in [0.15, 0.2) is 54.7 Å². The van der Waals surface area contributed by atoms with Crippen LogP contribution in [0.4, 0.5) is 35.4 Å². The fraction of sp³-hybridized carbons (Fsp3) is 0.250. The summed E-state index contributed by atoms with van der Waals surface area (Å²) in [5.41, 5.74) is 4.94. The van der Waals surface area contributed by atoms with Gasteiger partial charge in [0, 0.05) is 6.20 Å². The van der Waals surface area contributed by atoms with E-state index < -0.39 is 29.2 Å². The van der Waals surface area contributed by atoms with Crippen molar-refractivity contribution >= 4 is 41.0 Å². The zero-order chi connectivity index (χ0) is 26.3. The van der Waals surface area contributed by atoms with Gasteiger partial charge in [0.1, 0.15) is 11.4 Å². The van der Waals surface area contributed by atoms with Gasteiger partial charge in [0.2, 0.25) is 5.95 Å². The summed E-state index contributed by atoms with van der Waals surface area (Å²) < 4.78 is 40.3. The summed E-state index contributed by atoms with van der Waals surface area (Å²) in [6.45, 7) is 3.84. The number of benzene rings is 2. The fourth-order valence-electron chi connectivity index (χ4n) is 3.78. The first-order valence-corrected chi connectivity index (χ1v) is 11.2.